The van der Waals surface area contributed by atoms with E-state index in [1.54, 1.807) is 20.8 Å². The maximum absolute atomic E-state index is 13.9. The van der Waals surface area contributed by atoms with Crippen molar-refractivity contribution >= 4 is 6.09 Å². The molecule has 22 heavy (non-hydrogen) atoms. The fourth-order valence-electron chi connectivity index (χ4n) is 2.44. The second kappa shape index (κ2) is 6.16. The van der Waals surface area contributed by atoms with Gasteiger partial charge < -0.3 is 15.4 Å². The van der Waals surface area contributed by atoms with Crippen molar-refractivity contribution in [1.82, 2.24) is 10.6 Å². The minimum atomic E-state index is -1.23. The lowest BCUT2D eigenvalue weighted by Crippen LogP contribution is -2.42. The molecule has 2 atom stereocenters. The third kappa shape index (κ3) is 3.91. The zero-order valence-corrected chi connectivity index (χ0v) is 12.7. The van der Waals surface area contributed by atoms with Gasteiger partial charge in [0.25, 0.3) is 0 Å². The molecule has 122 valence electrons. The van der Waals surface area contributed by atoms with Gasteiger partial charge in [0.05, 0.1) is 6.04 Å². The van der Waals surface area contributed by atoms with Crippen LogP contribution in [0.3, 0.4) is 0 Å². The van der Waals surface area contributed by atoms with Gasteiger partial charge in [-0.15, -0.1) is 0 Å². The largest absolute Gasteiger partial charge is 0.444 e. The third-order valence-electron chi connectivity index (χ3n) is 3.36. The predicted molar refractivity (Wildman–Crippen MR) is 75.1 cm³/mol. The first-order valence-electron chi connectivity index (χ1n) is 7.02. The molecular formula is C15H19F3N2O2. The highest BCUT2D eigenvalue weighted by atomic mass is 19.2. The fraction of sp³-hybridized carbons (Fsp3) is 0.533. The molecule has 1 aromatic rings. The van der Waals surface area contributed by atoms with E-state index in [1.807, 2.05) is 0 Å². The molecular weight excluding hydrogens is 297 g/mol. The Balaban J connectivity index is 2.14. The van der Waals surface area contributed by atoms with E-state index in [4.69, 9.17) is 4.74 Å². The molecule has 0 bridgehead atoms. The summed E-state index contributed by atoms with van der Waals surface area (Å²) in [4.78, 5) is 11.8. The third-order valence-corrected chi connectivity index (χ3v) is 3.36. The fourth-order valence-corrected chi connectivity index (χ4v) is 2.44. The number of hydrogen-bond acceptors (Lipinski definition) is 3. The van der Waals surface area contributed by atoms with Crippen molar-refractivity contribution in [2.24, 2.45) is 0 Å². The SMILES string of the molecule is CC(C)(C)OC(=O)NC1CNCC1c1cc(F)c(F)cc1F. The molecule has 0 aromatic heterocycles. The number of amides is 1. The number of halogens is 3. The van der Waals surface area contributed by atoms with Crippen LogP contribution < -0.4 is 10.6 Å². The number of hydrogen-bond donors (Lipinski definition) is 2. The molecule has 1 amide bonds. The predicted octanol–water partition coefficient (Wildman–Crippen LogP) is 2.68. The van der Waals surface area contributed by atoms with Crippen LogP contribution in [-0.4, -0.2) is 30.8 Å². The Kier molecular flexibility index (Phi) is 4.65. The van der Waals surface area contributed by atoms with Gasteiger partial charge in [-0.1, -0.05) is 0 Å². The monoisotopic (exact) mass is 316 g/mol. The lowest BCUT2D eigenvalue weighted by Gasteiger charge is -2.24. The molecule has 1 heterocycles. The average molecular weight is 316 g/mol. The second-order valence-corrected chi connectivity index (χ2v) is 6.31. The van der Waals surface area contributed by atoms with Gasteiger partial charge in [-0.25, -0.2) is 18.0 Å². The van der Waals surface area contributed by atoms with Gasteiger partial charge in [-0.05, 0) is 32.4 Å². The molecule has 1 aliphatic heterocycles. The van der Waals surface area contributed by atoms with Crippen LogP contribution in [-0.2, 0) is 4.74 Å². The van der Waals surface area contributed by atoms with Gasteiger partial charge in [-0.3, -0.25) is 0 Å². The highest BCUT2D eigenvalue weighted by Gasteiger charge is 2.33. The Morgan fingerprint density at radius 3 is 2.45 bits per heavy atom. The molecule has 2 unspecified atom stereocenters. The Hall–Kier alpha value is -1.76. The molecule has 7 heteroatoms. The summed E-state index contributed by atoms with van der Waals surface area (Å²) in [5.74, 6) is -3.67. The summed E-state index contributed by atoms with van der Waals surface area (Å²) < 4.78 is 45.4. The number of carbonyl (C=O) groups is 1. The Bertz CT molecular complexity index is 573. The van der Waals surface area contributed by atoms with Gasteiger partial charge >= 0.3 is 6.09 Å². The molecule has 0 aliphatic carbocycles. The molecule has 4 nitrogen and oxygen atoms in total. The number of carbonyl (C=O) groups excluding carboxylic acids is 1. The van der Waals surface area contributed by atoms with Crippen LogP contribution in [0.1, 0.15) is 32.3 Å². The molecule has 0 saturated carbocycles. The van der Waals surface area contributed by atoms with E-state index >= 15 is 0 Å². The summed E-state index contributed by atoms with van der Waals surface area (Å²) in [5.41, 5.74) is -0.622. The van der Waals surface area contributed by atoms with Gasteiger partial charge in [-0.2, -0.15) is 0 Å². The number of nitrogens with one attached hydrogen (secondary N) is 2. The van der Waals surface area contributed by atoms with E-state index in [0.29, 0.717) is 19.2 Å². The van der Waals surface area contributed by atoms with Crippen LogP contribution in [0, 0.1) is 17.5 Å². The lowest BCUT2D eigenvalue weighted by atomic mass is 9.93. The number of benzene rings is 1. The molecule has 1 aromatic carbocycles. The first-order chi connectivity index (χ1) is 10.2. The van der Waals surface area contributed by atoms with Gasteiger partial charge in [0.2, 0.25) is 0 Å². The first kappa shape index (κ1) is 16.6. The van der Waals surface area contributed by atoms with Crippen molar-refractivity contribution in [3.8, 4) is 0 Å². The second-order valence-electron chi connectivity index (χ2n) is 6.31. The molecule has 2 N–H and O–H groups in total. The van der Waals surface area contributed by atoms with Crippen LogP contribution in [0.5, 0.6) is 0 Å². The molecule has 0 radical (unpaired) electrons. The zero-order valence-electron chi connectivity index (χ0n) is 12.7. The summed E-state index contributed by atoms with van der Waals surface area (Å²) in [6.45, 7) is 5.93. The summed E-state index contributed by atoms with van der Waals surface area (Å²) in [6, 6.07) is 0.897. The highest BCUT2D eigenvalue weighted by molar-refractivity contribution is 5.68. The van der Waals surface area contributed by atoms with E-state index in [0.717, 1.165) is 6.07 Å². The van der Waals surface area contributed by atoms with Crippen LogP contribution in [0.15, 0.2) is 12.1 Å². The van der Waals surface area contributed by atoms with Crippen LogP contribution in [0.25, 0.3) is 0 Å². The first-order valence-corrected chi connectivity index (χ1v) is 7.02. The van der Waals surface area contributed by atoms with Gasteiger partial charge in [0, 0.05) is 25.1 Å². The Labute approximate surface area is 127 Å². The quantitative estimate of drug-likeness (QED) is 0.825. The minimum Gasteiger partial charge on any atom is -0.444 e. The normalized spacial score (nSPS) is 21.7. The lowest BCUT2D eigenvalue weighted by molar-refractivity contribution is 0.0504. The van der Waals surface area contributed by atoms with Crippen molar-refractivity contribution in [3.05, 3.63) is 35.1 Å². The average Bonchev–Trinajstić information content (AvgIpc) is 2.79. The Morgan fingerprint density at radius 2 is 1.82 bits per heavy atom. The molecule has 2 rings (SSSR count). The van der Waals surface area contributed by atoms with Crippen LogP contribution >= 0.6 is 0 Å². The van der Waals surface area contributed by atoms with Crippen LogP contribution in [0.4, 0.5) is 18.0 Å². The van der Waals surface area contributed by atoms with Gasteiger partial charge in [0.1, 0.15) is 11.4 Å². The van der Waals surface area contributed by atoms with E-state index < -0.39 is 41.1 Å². The molecule has 1 aliphatic rings. The van der Waals surface area contributed by atoms with Gasteiger partial charge in [0.15, 0.2) is 11.6 Å². The maximum Gasteiger partial charge on any atom is 0.407 e. The van der Waals surface area contributed by atoms with E-state index in [2.05, 4.69) is 10.6 Å². The summed E-state index contributed by atoms with van der Waals surface area (Å²) >= 11 is 0. The zero-order chi connectivity index (χ0) is 16.5. The van der Waals surface area contributed by atoms with Crippen molar-refractivity contribution in [1.29, 1.82) is 0 Å². The smallest absolute Gasteiger partial charge is 0.407 e. The topological polar surface area (TPSA) is 50.4 Å². The number of rotatable bonds is 2. The van der Waals surface area contributed by atoms with E-state index in [-0.39, 0.29) is 5.56 Å². The van der Waals surface area contributed by atoms with E-state index in [9.17, 15) is 18.0 Å². The minimum absolute atomic E-state index is 0.0324. The molecule has 0 spiro atoms. The number of alkyl carbamates (subject to hydrolysis) is 1. The van der Waals surface area contributed by atoms with Crippen molar-refractivity contribution in [2.45, 2.75) is 38.3 Å². The highest BCUT2D eigenvalue weighted by Crippen LogP contribution is 2.27. The summed E-state index contributed by atoms with van der Waals surface area (Å²) in [5, 5.41) is 5.64. The summed E-state index contributed by atoms with van der Waals surface area (Å²) in [6.07, 6.45) is -0.630. The van der Waals surface area contributed by atoms with Crippen molar-refractivity contribution < 1.29 is 22.7 Å². The van der Waals surface area contributed by atoms with Crippen LogP contribution in [0.2, 0.25) is 0 Å². The Morgan fingerprint density at radius 1 is 1.18 bits per heavy atom. The summed E-state index contributed by atoms with van der Waals surface area (Å²) in [7, 11) is 0. The van der Waals surface area contributed by atoms with Crippen molar-refractivity contribution in [2.75, 3.05) is 13.1 Å². The maximum atomic E-state index is 13.9. The molecule has 1 fully saturated rings. The van der Waals surface area contributed by atoms with E-state index in [1.165, 1.54) is 0 Å². The van der Waals surface area contributed by atoms with Crippen molar-refractivity contribution in [3.63, 3.8) is 0 Å². The molecule has 1 saturated heterocycles. The number of ether oxygens (including phenoxy) is 1. The standard InChI is InChI=1S/C15H19F3N2O2/c1-15(2,3)22-14(21)20-13-7-19-6-9(13)8-4-11(17)12(18)5-10(8)16/h4-5,9,13,19H,6-7H2,1-3H3,(H,20,21).